The Morgan fingerprint density at radius 1 is 1.25 bits per heavy atom. The SMILES string of the molecule is COc1cccc(F)c1C(Cc1cccc(C)c1)NN. The Hall–Kier alpha value is -1.91. The molecule has 0 aliphatic carbocycles. The van der Waals surface area contributed by atoms with Gasteiger partial charge in [0.2, 0.25) is 0 Å². The Labute approximate surface area is 118 Å². The van der Waals surface area contributed by atoms with Gasteiger partial charge in [-0.2, -0.15) is 0 Å². The minimum atomic E-state index is -0.340. The summed E-state index contributed by atoms with van der Waals surface area (Å²) in [7, 11) is 1.53. The number of nitrogens with two attached hydrogens (primary N) is 1. The Balaban J connectivity index is 2.33. The van der Waals surface area contributed by atoms with Gasteiger partial charge in [0.1, 0.15) is 11.6 Å². The summed E-state index contributed by atoms with van der Waals surface area (Å²) < 4.78 is 19.3. The molecule has 0 bridgehead atoms. The second kappa shape index (κ2) is 6.50. The van der Waals surface area contributed by atoms with Crippen molar-refractivity contribution in [3.8, 4) is 5.75 Å². The predicted octanol–water partition coefficient (Wildman–Crippen LogP) is 2.89. The van der Waals surface area contributed by atoms with Crippen LogP contribution >= 0.6 is 0 Å². The van der Waals surface area contributed by atoms with E-state index in [0.717, 1.165) is 5.56 Å². The molecule has 2 rings (SSSR count). The number of halogens is 1. The largest absolute Gasteiger partial charge is 0.496 e. The van der Waals surface area contributed by atoms with Gasteiger partial charge in [-0.1, -0.05) is 35.9 Å². The van der Waals surface area contributed by atoms with Gasteiger partial charge in [-0.25, -0.2) is 4.39 Å². The lowest BCUT2D eigenvalue weighted by Crippen LogP contribution is -2.30. The van der Waals surface area contributed by atoms with E-state index in [0.29, 0.717) is 17.7 Å². The molecule has 3 nitrogen and oxygen atoms in total. The van der Waals surface area contributed by atoms with E-state index in [-0.39, 0.29) is 11.9 Å². The van der Waals surface area contributed by atoms with E-state index < -0.39 is 0 Å². The third-order valence-electron chi connectivity index (χ3n) is 3.30. The second-order valence-electron chi connectivity index (χ2n) is 4.77. The third kappa shape index (κ3) is 3.15. The highest BCUT2D eigenvalue weighted by atomic mass is 19.1. The Morgan fingerprint density at radius 2 is 2.00 bits per heavy atom. The number of rotatable bonds is 5. The molecule has 2 aromatic carbocycles. The molecule has 0 aromatic heterocycles. The average molecular weight is 274 g/mol. The van der Waals surface area contributed by atoms with Crippen molar-refractivity contribution in [2.75, 3.05) is 7.11 Å². The summed E-state index contributed by atoms with van der Waals surface area (Å²) in [6, 6.07) is 12.5. The van der Waals surface area contributed by atoms with Gasteiger partial charge in [-0.05, 0) is 31.0 Å². The molecule has 2 aromatic rings. The molecule has 0 fully saturated rings. The third-order valence-corrected chi connectivity index (χ3v) is 3.30. The number of methoxy groups -OCH3 is 1. The van der Waals surface area contributed by atoms with Gasteiger partial charge in [0, 0.05) is 5.56 Å². The normalized spacial score (nSPS) is 12.2. The van der Waals surface area contributed by atoms with Crippen molar-refractivity contribution in [3.05, 3.63) is 65.0 Å². The quantitative estimate of drug-likeness (QED) is 0.651. The number of hydrazine groups is 1. The number of hydrogen-bond donors (Lipinski definition) is 2. The van der Waals surface area contributed by atoms with E-state index >= 15 is 0 Å². The zero-order valence-corrected chi connectivity index (χ0v) is 11.7. The van der Waals surface area contributed by atoms with Crippen molar-refractivity contribution in [3.63, 3.8) is 0 Å². The fraction of sp³-hybridized carbons (Fsp3) is 0.250. The molecule has 0 saturated carbocycles. The van der Waals surface area contributed by atoms with Crippen LogP contribution in [0.2, 0.25) is 0 Å². The van der Waals surface area contributed by atoms with Gasteiger partial charge >= 0.3 is 0 Å². The fourth-order valence-electron chi connectivity index (χ4n) is 2.35. The number of benzene rings is 2. The molecule has 4 heteroatoms. The lowest BCUT2D eigenvalue weighted by atomic mass is 9.97. The summed E-state index contributed by atoms with van der Waals surface area (Å²) in [6.07, 6.45) is 0.593. The monoisotopic (exact) mass is 274 g/mol. The van der Waals surface area contributed by atoms with Gasteiger partial charge in [0.25, 0.3) is 0 Å². The molecule has 1 atom stereocenters. The van der Waals surface area contributed by atoms with Gasteiger partial charge in [0.05, 0.1) is 13.2 Å². The molecular formula is C16H19FN2O. The van der Waals surface area contributed by atoms with Crippen LogP contribution in [0.3, 0.4) is 0 Å². The van der Waals surface area contributed by atoms with Crippen molar-refractivity contribution < 1.29 is 9.13 Å². The van der Waals surface area contributed by atoms with Crippen molar-refractivity contribution in [2.45, 2.75) is 19.4 Å². The van der Waals surface area contributed by atoms with Crippen LogP contribution in [0.5, 0.6) is 5.75 Å². The number of nitrogens with one attached hydrogen (secondary N) is 1. The maximum atomic E-state index is 14.1. The predicted molar refractivity (Wildman–Crippen MR) is 77.9 cm³/mol. The average Bonchev–Trinajstić information content (AvgIpc) is 2.45. The fourth-order valence-corrected chi connectivity index (χ4v) is 2.35. The molecule has 3 N–H and O–H groups in total. The van der Waals surface area contributed by atoms with Crippen LogP contribution in [0.4, 0.5) is 4.39 Å². The van der Waals surface area contributed by atoms with Crippen LogP contribution in [-0.4, -0.2) is 7.11 Å². The zero-order valence-electron chi connectivity index (χ0n) is 11.7. The van der Waals surface area contributed by atoms with Crippen molar-refractivity contribution >= 4 is 0 Å². The first-order chi connectivity index (χ1) is 9.65. The molecule has 0 saturated heterocycles. The molecule has 106 valence electrons. The van der Waals surface area contributed by atoms with E-state index in [2.05, 4.69) is 11.5 Å². The van der Waals surface area contributed by atoms with Crippen molar-refractivity contribution in [2.24, 2.45) is 5.84 Å². The van der Waals surface area contributed by atoms with Crippen LogP contribution in [0.15, 0.2) is 42.5 Å². The topological polar surface area (TPSA) is 47.3 Å². The standard InChI is InChI=1S/C16H19FN2O/c1-11-5-3-6-12(9-11)10-14(19-18)16-13(17)7-4-8-15(16)20-2/h3-9,14,19H,10,18H2,1-2H3. The first-order valence-electron chi connectivity index (χ1n) is 6.49. The number of aryl methyl sites for hydroxylation is 1. The highest BCUT2D eigenvalue weighted by Crippen LogP contribution is 2.29. The van der Waals surface area contributed by atoms with E-state index in [1.807, 2.05) is 25.1 Å². The van der Waals surface area contributed by atoms with Crippen molar-refractivity contribution in [1.29, 1.82) is 0 Å². The maximum absolute atomic E-state index is 14.1. The van der Waals surface area contributed by atoms with Gasteiger partial charge in [-0.3, -0.25) is 11.3 Å². The molecular weight excluding hydrogens is 255 g/mol. The first-order valence-corrected chi connectivity index (χ1v) is 6.49. The summed E-state index contributed by atoms with van der Waals surface area (Å²) in [5.41, 5.74) is 5.40. The minimum Gasteiger partial charge on any atom is -0.496 e. The van der Waals surface area contributed by atoms with Gasteiger partial charge < -0.3 is 4.74 Å². The van der Waals surface area contributed by atoms with Crippen LogP contribution in [0.1, 0.15) is 22.7 Å². The summed E-state index contributed by atoms with van der Waals surface area (Å²) in [5.74, 6) is 5.79. The Bertz CT molecular complexity index is 586. The Kier molecular flexibility index (Phi) is 4.71. The maximum Gasteiger partial charge on any atom is 0.131 e. The lowest BCUT2D eigenvalue weighted by Gasteiger charge is -2.20. The van der Waals surface area contributed by atoms with Gasteiger partial charge in [0.15, 0.2) is 0 Å². The van der Waals surface area contributed by atoms with E-state index in [9.17, 15) is 4.39 Å². The zero-order chi connectivity index (χ0) is 14.5. The van der Waals surface area contributed by atoms with E-state index in [1.54, 1.807) is 12.1 Å². The summed E-state index contributed by atoms with van der Waals surface area (Å²) in [6.45, 7) is 2.03. The van der Waals surface area contributed by atoms with E-state index in [4.69, 9.17) is 10.6 Å². The molecule has 0 heterocycles. The minimum absolute atomic E-state index is 0.319. The molecule has 0 spiro atoms. The van der Waals surface area contributed by atoms with Crippen LogP contribution in [0.25, 0.3) is 0 Å². The van der Waals surface area contributed by atoms with Crippen LogP contribution in [-0.2, 0) is 6.42 Å². The number of ether oxygens (including phenoxy) is 1. The molecule has 20 heavy (non-hydrogen) atoms. The Morgan fingerprint density at radius 3 is 2.65 bits per heavy atom. The molecule has 0 radical (unpaired) electrons. The first kappa shape index (κ1) is 14.5. The molecule has 0 aliphatic heterocycles. The summed E-state index contributed by atoms with van der Waals surface area (Å²) in [5, 5.41) is 0. The molecule has 0 aliphatic rings. The van der Waals surface area contributed by atoms with Gasteiger partial charge in [-0.15, -0.1) is 0 Å². The highest BCUT2D eigenvalue weighted by molar-refractivity contribution is 5.38. The van der Waals surface area contributed by atoms with Crippen LogP contribution < -0.4 is 16.0 Å². The smallest absolute Gasteiger partial charge is 0.131 e. The highest BCUT2D eigenvalue weighted by Gasteiger charge is 2.19. The number of hydrogen-bond acceptors (Lipinski definition) is 3. The second-order valence-corrected chi connectivity index (χ2v) is 4.77. The lowest BCUT2D eigenvalue weighted by molar-refractivity contribution is 0.390. The molecule has 1 unspecified atom stereocenters. The molecule has 0 amide bonds. The van der Waals surface area contributed by atoms with E-state index in [1.165, 1.54) is 18.7 Å². The van der Waals surface area contributed by atoms with Crippen molar-refractivity contribution in [1.82, 2.24) is 5.43 Å². The van der Waals surface area contributed by atoms with Crippen LogP contribution in [0, 0.1) is 12.7 Å². The summed E-state index contributed by atoms with van der Waals surface area (Å²) >= 11 is 0. The summed E-state index contributed by atoms with van der Waals surface area (Å²) in [4.78, 5) is 0.